The average molecular weight is 588 g/mol. The number of imidazole rings is 1. The quantitative estimate of drug-likeness (QED) is 0.0521. The van der Waals surface area contributed by atoms with Gasteiger partial charge in [0.15, 0.2) is 5.96 Å². The summed E-state index contributed by atoms with van der Waals surface area (Å²) in [7, 11) is 0. The number of rotatable bonds is 18. The molecule has 228 valence electrons. The molecule has 0 radical (unpaired) electrons. The van der Waals surface area contributed by atoms with Gasteiger partial charge < -0.3 is 48.3 Å². The van der Waals surface area contributed by atoms with E-state index in [-0.39, 0.29) is 44.6 Å². The van der Waals surface area contributed by atoms with Gasteiger partial charge in [0.05, 0.1) is 12.4 Å². The number of nitrogens with zero attached hydrogens (tertiary/aromatic N) is 2. The lowest BCUT2D eigenvalue weighted by Crippen LogP contribution is -2.57. The number of aliphatic carboxylic acids is 2. The molecule has 1 aromatic heterocycles. The topological polar surface area (TPSA) is 281 Å². The fourth-order valence-corrected chi connectivity index (χ4v) is 3.91. The number of aromatic amines is 1. The summed E-state index contributed by atoms with van der Waals surface area (Å²) in [6.45, 7) is 0.144. The van der Waals surface area contributed by atoms with Crippen molar-refractivity contribution >= 4 is 35.6 Å². The standard InChI is InChI=1S/C26H37N9O7/c27-17(12-16-13-30-14-32-16)22(38)33-18(7-4-10-31-26(28)29)23(39)34-19(8-9-21(36)37)24(40)35-20(25(41)42)11-15-5-2-1-3-6-15/h1-3,5-6,13-14,17-20H,4,7-12,27H2,(H,30,32)(H,33,38)(H,34,39)(H,35,40)(H,36,37)(H,41,42)(H4,28,29,31). The summed E-state index contributed by atoms with van der Waals surface area (Å²) in [6.07, 6.45) is 2.47. The minimum Gasteiger partial charge on any atom is -0.481 e. The van der Waals surface area contributed by atoms with Gasteiger partial charge in [-0.15, -0.1) is 0 Å². The van der Waals surface area contributed by atoms with E-state index < -0.39 is 60.2 Å². The molecule has 1 heterocycles. The SMILES string of the molecule is NC(N)=NCCCC(NC(=O)C(N)Cc1cnc[nH]1)C(=O)NC(CCC(=O)O)C(=O)NC(Cc1ccccc1)C(=O)O. The van der Waals surface area contributed by atoms with E-state index in [0.29, 0.717) is 11.3 Å². The van der Waals surface area contributed by atoms with E-state index in [1.807, 2.05) is 0 Å². The maximum atomic E-state index is 13.3. The van der Waals surface area contributed by atoms with Gasteiger partial charge in [0.25, 0.3) is 0 Å². The van der Waals surface area contributed by atoms with Gasteiger partial charge >= 0.3 is 11.9 Å². The van der Waals surface area contributed by atoms with Crippen LogP contribution in [0, 0.1) is 0 Å². The van der Waals surface area contributed by atoms with Crippen LogP contribution in [-0.4, -0.2) is 86.5 Å². The van der Waals surface area contributed by atoms with Crippen molar-refractivity contribution in [1.29, 1.82) is 0 Å². The molecule has 0 bridgehead atoms. The van der Waals surface area contributed by atoms with Crippen LogP contribution < -0.4 is 33.2 Å². The second-order valence-electron chi connectivity index (χ2n) is 9.48. The molecule has 0 saturated heterocycles. The number of nitrogens with two attached hydrogens (primary N) is 3. The normalized spacial score (nSPS) is 13.5. The molecule has 3 amide bonds. The second-order valence-corrected chi connectivity index (χ2v) is 9.48. The van der Waals surface area contributed by atoms with Crippen LogP contribution in [0.15, 0.2) is 47.8 Å². The zero-order valence-electron chi connectivity index (χ0n) is 22.9. The van der Waals surface area contributed by atoms with Gasteiger partial charge in [0.2, 0.25) is 17.7 Å². The summed E-state index contributed by atoms with van der Waals surface area (Å²) in [6, 6.07) is 3.58. The number of carboxylic acid groups (broad SMARTS) is 2. The molecule has 0 saturated carbocycles. The van der Waals surface area contributed by atoms with E-state index in [4.69, 9.17) is 17.2 Å². The van der Waals surface area contributed by atoms with Crippen LogP contribution >= 0.6 is 0 Å². The zero-order chi connectivity index (χ0) is 31.1. The van der Waals surface area contributed by atoms with Crippen molar-refractivity contribution in [2.45, 2.75) is 62.7 Å². The first-order valence-electron chi connectivity index (χ1n) is 13.1. The number of amides is 3. The van der Waals surface area contributed by atoms with E-state index in [1.54, 1.807) is 30.3 Å². The number of nitrogens with one attached hydrogen (secondary N) is 4. The Morgan fingerprint density at radius 1 is 0.881 bits per heavy atom. The van der Waals surface area contributed by atoms with Crippen molar-refractivity contribution in [3.05, 3.63) is 54.1 Å². The van der Waals surface area contributed by atoms with E-state index in [9.17, 15) is 34.2 Å². The molecule has 1 aromatic carbocycles. The van der Waals surface area contributed by atoms with Crippen LogP contribution in [0.5, 0.6) is 0 Å². The summed E-state index contributed by atoms with van der Waals surface area (Å²) in [4.78, 5) is 72.9. The summed E-state index contributed by atoms with van der Waals surface area (Å²) >= 11 is 0. The molecule has 16 heteroatoms. The zero-order valence-corrected chi connectivity index (χ0v) is 22.9. The Hall–Kier alpha value is -4.99. The number of aliphatic imine (C=N–C) groups is 1. The Labute approximate surface area is 241 Å². The fraction of sp³-hybridized carbons (Fsp3) is 0.423. The number of carbonyl (C=O) groups excluding carboxylic acids is 3. The van der Waals surface area contributed by atoms with Crippen molar-refractivity contribution < 1.29 is 34.2 Å². The van der Waals surface area contributed by atoms with E-state index in [2.05, 4.69) is 30.9 Å². The molecule has 0 aliphatic carbocycles. The smallest absolute Gasteiger partial charge is 0.326 e. The van der Waals surface area contributed by atoms with Crippen LogP contribution in [0.2, 0.25) is 0 Å². The second kappa shape index (κ2) is 17.0. The first-order chi connectivity index (χ1) is 20.0. The number of aromatic nitrogens is 2. The number of hydrogen-bond donors (Lipinski definition) is 9. The highest BCUT2D eigenvalue weighted by Gasteiger charge is 2.30. The molecule has 42 heavy (non-hydrogen) atoms. The van der Waals surface area contributed by atoms with Crippen LogP contribution in [0.3, 0.4) is 0 Å². The Balaban J connectivity index is 2.17. The van der Waals surface area contributed by atoms with Crippen LogP contribution in [0.1, 0.15) is 36.9 Å². The summed E-state index contributed by atoms with van der Waals surface area (Å²) in [5.41, 5.74) is 17.9. The molecule has 0 spiro atoms. The lowest BCUT2D eigenvalue weighted by Gasteiger charge is -2.25. The average Bonchev–Trinajstić information content (AvgIpc) is 3.45. The molecule has 12 N–H and O–H groups in total. The molecule has 2 aromatic rings. The lowest BCUT2D eigenvalue weighted by molar-refractivity contribution is -0.143. The molecule has 0 aliphatic heterocycles. The van der Waals surface area contributed by atoms with Crippen molar-refractivity contribution in [3.63, 3.8) is 0 Å². The summed E-state index contributed by atoms with van der Waals surface area (Å²) < 4.78 is 0. The van der Waals surface area contributed by atoms with Crippen molar-refractivity contribution in [3.8, 4) is 0 Å². The third kappa shape index (κ3) is 12.0. The largest absolute Gasteiger partial charge is 0.481 e. The fourth-order valence-electron chi connectivity index (χ4n) is 3.91. The summed E-state index contributed by atoms with van der Waals surface area (Å²) in [5.74, 6) is -5.06. The lowest BCUT2D eigenvalue weighted by atomic mass is 10.0. The van der Waals surface area contributed by atoms with Gasteiger partial charge in [-0.3, -0.25) is 24.2 Å². The minimum absolute atomic E-state index is 0.0425. The number of carboxylic acids is 2. The predicted molar refractivity (Wildman–Crippen MR) is 151 cm³/mol. The van der Waals surface area contributed by atoms with Crippen molar-refractivity contribution in [2.75, 3.05) is 6.54 Å². The van der Waals surface area contributed by atoms with E-state index >= 15 is 0 Å². The van der Waals surface area contributed by atoms with Gasteiger partial charge in [-0.25, -0.2) is 9.78 Å². The number of carbonyl (C=O) groups is 5. The first-order valence-corrected chi connectivity index (χ1v) is 13.1. The summed E-state index contributed by atoms with van der Waals surface area (Å²) in [5, 5.41) is 26.2. The van der Waals surface area contributed by atoms with Gasteiger partial charge in [0, 0.05) is 37.7 Å². The predicted octanol–water partition coefficient (Wildman–Crippen LogP) is -2.02. The third-order valence-electron chi connectivity index (χ3n) is 6.09. The molecule has 4 atom stereocenters. The minimum atomic E-state index is -1.41. The Bertz CT molecular complexity index is 1220. The van der Waals surface area contributed by atoms with Gasteiger partial charge in [-0.05, 0) is 24.8 Å². The number of guanidine groups is 1. The molecule has 4 unspecified atom stereocenters. The Morgan fingerprint density at radius 2 is 1.50 bits per heavy atom. The highest BCUT2D eigenvalue weighted by molar-refractivity contribution is 5.94. The molecule has 0 fully saturated rings. The highest BCUT2D eigenvalue weighted by Crippen LogP contribution is 2.08. The molecule has 2 rings (SSSR count). The van der Waals surface area contributed by atoms with Gasteiger partial charge in [-0.2, -0.15) is 0 Å². The molecular weight excluding hydrogens is 550 g/mol. The van der Waals surface area contributed by atoms with Crippen molar-refractivity contribution in [2.24, 2.45) is 22.2 Å². The van der Waals surface area contributed by atoms with E-state index in [0.717, 1.165) is 0 Å². The Kier molecular flexibility index (Phi) is 13.4. The number of H-pyrrole nitrogens is 1. The maximum absolute atomic E-state index is 13.3. The van der Waals surface area contributed by atoms with Gasteiger partial charge in [0.1, 0.15) is 18.1 Å². The molecule has 0 aliphatic rings. The molecule has 16 nitrogen and oxygen atoms in total. The number of benzene rings is 1. The number of hydrogen-bond acceptors (Lipinski definition) is 8. The van der Waals surface area contributed by atoms with Crippen molar-refractivity contribution in [1.82, 2.24) is 25.9 Å². The van der Waals surface area contributed by atoms with Gasteiger partial charge in [-0.1, -0.05) is 30.3 Å². The molecular formula is C26H37N9O7. The van der Waals surface area contributed by atoms with Crippen LogP contribution in [0.25, 0.3) is 0 Å². The first kappa shape index (κ1) is 33.2. The van der Waals surface area contributed by atoms with E-state index in [1.165, 1.54) is 12.5 Å². The monoisotopic (exact) mass is 587 g/mol. The van der Waals surface area contributed by atoms with Crippen LogP contribution in [0.4, 0.5) is 0 Å². The third-order valence-corrected chi connectivity index (χ3v) is 6.09. The maximum Gasteiger partial charge on any atom is 0.326 e. The van der Waals surface area contributed by atoms with Crippen LogP contribution in [-0.2, 0) is 36.8 Å². The highest BCUT2D eigenvalue weighted by atomic mass is 16.4. The Morgan fingerprint density at radius 3 is 2.07 bits per heavy atom.